The molecule has 2 heterocycles. The van der Waals surface area contributed by atoms with E-state index in [1.165, 1.54) is 12.3 Å². The van der Waals surface area contributed by atoms with Gasteiger partial charge in [0.1, 0.15) is 11.3 Å². The van der Waals surface area contributed by atoms with E-state index in [0.717, 1.165) is 59.8 Å². The maximum absolute atomic E-state index is 13.6. The molecule has 10 heteroatoms. The Morgan fingerprint density at radius 1 is 1.02 bits per heavy atom. The Morgan fingerprint density at radius 3 is 2.36 bits per heavy atom. The van der Waals surface area contributed by atoms with E-state index >= 15 is 0 Å². The van der Waals surface area contributed by atoms with Crippen LogP contribution in [0.4, 0.5) is 14.7 Å². The summed E-state index contributed by atoms with van der Waals surface area (Å²) in [6, 6.07) is 17.6. The molecule has 44 heavy (non-hydrogen) atoms. The molecule has 0 unspecified atom stereocenters. The van der Waals surface area contributed by atoms with Crippen LogP contribution in [0.1, 0.15) is 52.4 Å². The lowest BCUT2D eigenvalue weighted by Crippen LogP contribution is -2.39. The number of aryl methyl sites for hydroxylation is 2. The summed E-state index contributed by atoms with van der Waals surface area (Å²) in [5.41, 5.74) is 5.08. The van der Waals surface area contributed by atoms with E-state index in [-0.39, 0.29) is 24.1 Å². The first-order valence-corrected chi connectivity index (χ1v) is 14.5. The summed E-state index contributed by atoms with van der Waals surface area (Å²) in [5, 5.41) is 12.5. The third-order valence-electron chi connectivity index (χ3n) is 7.57. The Balaban J connectivity index is 1.31. The van der Waals surface area contributed by atoms with Gasteiger partial charge in [-0.2, -0.15) is 10.2 Å². The summed E-state index contributed by atoms with van der Waals surface area (Å²) in [6.45, 7) is 7.82. The number of halogens is 2. The predicted octanol–water partition coefficient (Wildman–Crippen LogP) is 6.96. The van der Waals surface area contributed by atoms with Gasteiger partial charge in [0.15, 0.2) is 11.6 Å². The minimum atomic E-state index is -0.848. The predicted molar refractivity (Wildman–Crippen MR) is 162 cm³/mol. The van der Waals surface area contributed by atoms with Gasteiger partial charge in [0, 0.05) is 25.7 Å². The van der Waals surface area contributed by atoms with Crippen molar-refractivity contribution in [3.8, 4) is 28.8 Å². The molecule has 5 rings (SSSR count). The topological polar surface area (TPSA) is 100 Å². The highest BCUT2D eigenvalue weighted by atomic mass is 19.2. The van der Waals surface area contributed by atoms with Crippen LogP contribution in [0.15, 0.2) is 60.8 Å². The number of nitrogens with one attached hydrogen (secondary N) is 1. The average Bonchev–Trinajstić information content (AvgIpc) is 3.02. The second-order valence-corrected chi connectivity index (χ2v) is 10.8. The molecule has 1 aliphatic rings. The number of piperidine rings is 1. The van der Waals surface area contributed by atoms with Crippen LogP contribution in [0.3, 0.4) is 0 Å². The normalized spacial score (nSPS) is 13.7. The number of aromatic nitrogens is 2. The van der Waals surface area contributed by atoms with Crippen molar-refractivity contribution in [3.63, 3.8) is 0 Å². The Hall–Kier alpha value is -4.88. The first-order chi connectivity index (χ1) is 21.2. The number of nitriles is 1. The fraction of sp³-hybridized carbons (Fsp3) is 0.294. The first kappa shape index (κ1) is 30.6. The maximum atomic E-state index is 13.6. The van der Waals surface area contributed by atoms with Crippen molar-refractivity contribution >= 4 is 11.9 Å². The van der Waals surface area contributed by atoms with Gasteiger partial charge in [0.25, 0.3) is 0 Å². The van der Waals surface area contributed by atoms with E-state index in [4.69, 9.17) is 14.7 Å². The van der Waals surface area contributed by atoms with E-state index in [2.05, 4.69) is 26.3 Å². The highest BCUT2D eigenvalue weighted by Gasteiger charge is 2.23. The van der Waals surface area contributed by atoms with Crippen molar-refractivity contribution in [2.75, 3.05) is 25.0 Å². The van der Waals surface area contributed by atoms with E-state index in [1.54, 1.807) is 25.1 Å². The zero-order valence-electron chi connectivity index (χ0n) is 24.9. The summed E-state index contributed by atoms with van der Waals surface area (Å²) in [6.07, 6.45) is 2.99. The Labute approximate surface area is 255 Å². The fourth-order valence-electron chi connectivity index (χ4n) is 5.29. The summed E-state index contributed by atoms with van der Waals surface area (Å²) >= 11 is 0. The van der Waals surface area contributed by atoms with Crippen LogP contribution in [0.25, 0.3) is 11.1 Å². The van der Waals surface area contributed by atoms with Crippen LogP contribution in [0.2, 0.25) is 0 Å². The molecular formula is C34H33F2N5O3. The van der Waals surface area contributed by atoms with E-state index in [0.29, 0.717) is 23.8 Å². The van der Waals surface area contributed by atoms with Crippen molar-refractivity contribution in [3.05, 3.63) is 100 Å². The third-order valence-corrected chi connectivity index (χ3v) is 7.57. The molecular weight excluding hydrogens is 564 g/mol. The molecule has 0 saturated carbocycles. The lowest BCUT2D eigenvalue weighted by molar-refractivity contribution is 0.0522. The molecule has 1 aromatic heterocycles. The zero-order valence-corrected chi connectivity index (χ0v) is 24.9. The molecule has 226 valence electrons. The molecule has 0 amide bonds. The molecule has 0 spiro atoms. The van der Waals surface area contributed by atoms with Crippen molar-refractivity contribution in [1.29, 1.82) is 5.26 Å². The molecule has 8 nitrogen and oxygen atoms in total. The van der Waals surface area contributed by atoms with Crippen LogP contribution in [-0.4, -0.2) is 46.6 Å². The van der Waals surface area contributed by atoms with Gasteiger partial charge < -0.3 is 14.8 Å². The number of likely N-dealkylation sites (tertiary alicyclic amines) is 1. The molecule has 1 fully saturated rings. The van der Waals surface area contributed by atoms with Gasteiger partial charge in [0.05, 0.1) is 24.4 Å². The molecule has 0 bridgehead atoms. The number of hydrogen-bond donors (Lipinski definition) is 1. The largest absolute Gasteiger partial charge is 0.462 e. The summed E-state index contributed by atoms with van der Waals surface area (Å²) in [7, 11) is 0. The van der Waals surface area contributed by atoms with Crippen molar-refractivity contribution < 1.29 is 23.0 Å². The van der Waals surface area contributed by atoms with Crippen LogP contribution in [-0.2, 0) is 11.3 Å². The molecule has 0 radical (unpaired) electrons. The molecule has 0 atom stereocenters. The van der Waals surface area contributed by atoms with Crippen LogP contribution >= 0.6 is 0 Å². The highest BCUT2D eigenvalue weighted by molar-refractivity contribution is 5.91. The number of benzene rings is 3. The molecule has 1 saturated heterocycles. The third kappa shape index (κ3) is 7.18. The van der Waals surface area contributed by atoms with Crippen LogP contribution in [0.5, 0.6) is 11.6 Å². The van der Waals surface area contributed by atoms with Crippen LogP contribution in [0, 0.1) is 36.8 Å². The van der Waals surface area contributed by atoms with Gasteiger partial charge in [-0.05, 0) is 97.8 Å². The monoisotopic (exact) mass is 597 g/mol. The number of hydrogen-bond acceptors (Lipinski definition) is 8. The number of carbonyl (C=O) groups excluding carboxylic acids is 1. The van der Waals surface area contributed by atoms with E-state index in [1.807, 2.05) is 38.1 Å². The quantitative estimate of drug-likeness (QED) is 0.207. The van der Waals surface area contributed by atoms with Crippen molar-refractivity contribution in [1.82, 2.24) is 14.9 Å². The Bertz CT molecular complexity index is 1670. The second-order valence-electron chi connectivity index (χ2n) is 10.8. The van der Waals surface area contributed by atoms with E-state index in [9.17, 15) is 13.6 Å². The van der Waals surface area contributed by atoms with Gasteiger partial charge in [-0.1, -0.05) is 18.2 Å². The summed E-state index contributed by atoms with van der Waals surface area (Å²) in [4.78, 5) is 23.9. The Kier molecular flexibility index (Phi) is 9.46. The van der Waals surface area contributed by atoms with Gasteiger partial charge in [-0.3, -0.25) is 4.90 Å². The van der Waals surface area contributed by atoms with Gasteiger partial charge >= 0.3 is 5.97 Å². The average molecular weight is 598 g/mol. The Morgan fingerprint density at radius 2 is 1.73 bits per heavy atom. The SMILES string of the molecule is CCOC(=O)c1cnc(NC2CCN(Cc3ccc(F)c(F)c3)CC2)nc1Oc1c(C)cc(-c2ccc(C#N)cc2)cc1C. The van der Waals surface area contributed by atoms with Crippen LogP contribution < -0.4 is 10.1 Å². The lowest BCUT2D eigenvalue weighted by atomic mass is 9.99. The summed E-state index contributed by atoms with van der Waals surface area (Å²) < 4.78 is 38.4. The van der Waals surface area contributed by atoms with Gasteiger partial charge in [-0.15, -0.1) is 0 Å². The van der Waals surface area contributed by atoms with Gasteiger partial charge in [-0.25, -0.2) is 18.6 Å². The lowest BCUT2D eigenvalue weighted by Gasteiger charge is -2.32. The maximum Gasteiger partial charge on any atom is 0.345 e. The molecule has 0 aliphatic carbocycles. The minimum absolute atomic E-state index is 0.0766. The number of esters is 1. The van der Waals surface area contributed by atoms with Crippen molar-refractivity contribution in [2.45, 2.75) is 46.2 Å². The van der Waals surface area contributed by atoms with E-state index < -0.39 is 17.6 Å². The zero-order chi connectivity index (χ0) is 31.2. The molecule has 1 aliphatic heterocycles. The van der Waals surface area contributed by atoms with Crippen molar-refractivity contribution in [2.24, 2.45) is 0 Å². The summed E-state index contributed by atoms with van der Waals surface area (Å²) in [5.74, 6) is -1.27. The first-order valence-electron chi connectivity index (χ1n) is 14.5. The highest BCUT2D eigenvalue weighted by Crippen LogP contribution is 2.34. The fourth-order valence-corrected chi connectivity index (χ4v) is 5.29. The molecule has 4 aromatic rings. The number of nitrogens with zero attached hydrogens (tertiary/aromatic N) is 4. The number of rotatable bonds is 9. The standard InChI is InChI=1S/C34H33F2N5O3/c1-4-43-33(42)28-19-38-34(39-27-11-13-41(14-12-27)20-24-7-10-29(35)30(36)17-24)40-32(28)44-31-21(2)15-26(16-22(31)3)25-8-5-23(18-37)6-9-25/h5-10,15-17,19,27H,4,11-14,20H2,1-3H3,(H,38,39,40). The number of ether oxygens (including phenoxy) is 2. The second kappa shape index (κ2) is 13.6. The molecule has 3 aromatic carbocycles. The number of anilines is 1. The smallest absolute Gasteiger partial charge is 0.345 e. The molecule has 1 N–H and O–H groups in total. The number of carbonyl (C=O) groups is 1. The van der Waals surface area contributed by atoms with Gasteiger partial charge in [0.2, 0.25) is 11.8 Å². The minimum Gasteiger partial charge on any atom is -0.462 e.